The van der Waals surface area contributed by atoms with Gasteiger partial charge < -0.3 is 4.74 Å². The van der Waals surface area contributed by atoms with Crippen LogP contribution in [-0.2, 0) is 4.79 Å². The molecule has 172 valence electrons. The van der Waals surface area contributed by atoms with Crippen molar-refractivity contribution in [3.05, 3.63) is 68.7 Å². The average molecular weight is 468 g/mol. The van der Waals surface area contributed by atoms with Gasteiger partial charge in [0.15, 0.2) is 11.3 Å². The van der Waals surface area contributed by atoms with E-state index in [-0.39, 0.29) is 11.6 Å². The molecule has 0 spiro atoms. The fourth-order valence-corrected chi connectivity index (χ4v) is 4.68. The van der Waals surface area contributed by atoms with Crippen LogP contribution in [0, 0.1) is 10.1 Å². The van der Waals surface area contributed by atoms with Crippen LogP contribution in [0.1, 0.15) is 44.3 Å². The minimum Gasteiger partial charge on any atom is -0.496 e. The Balaban J connectivity index is 1.79. The van der Waals surface area contributed by atoms with Gasteiger partial charge in [-0.2, -0.15) is 0 Å². The number of nitro benzene ring substituents is 1. The van der Waals surface area contributed by atoms with Crippen molar-refractivity contribution in [3.63, 3.8) is 0 Å². The van der Waals surface area contributed by atoms with Crippen LogP contribution in [-0.4, -0.2) is 33.9 Å². The summed E-state index contributed by atoms with van der Waals surface area (Å²) in [5.41, 5.74) is 0.733. The number of unbranched alkanes of at least 4 members (excludes halogenated alkanes) is 3. The first-order chi connectivity index (χ1) is 16.0. The summed E-state index contributed by atoms with van der Waals surface area (Å²) in [6, 6.07) is 11.7. The number of methoxy groups -OCH3 is 1. The van der Waals surface area contributed by atoms with Crippen LogP contribution in [0.15, 0.2) is 52.6 Å². The van der Waals surface area contributed by atoms with Crippen LogP contribution in [0.2, 0.25) is 0 Å². The van der Waals surface area contributed by atoms with Gasteiger partial charge in [0.2, 0.25) is 0 Å². The summed E-state index contributed by atoms with van der Waals surface area (Å²) in [5.74, 6) is 0.988. The Hall–Kier alpha value is -3.40. The van der Waals surface area contributed by atoms with Crippen LogP contribution in [0.25, 0.3) is 5.70 Å². The molecule has 1 unspecified atom stereocenters. The topological polar surface area (TPSA) is 109 Å². The van der Waals surface area contributed by atoms with Gasteiger partial charge in [0.1, 0.15) is 11.4 Å². The SMILES string of the molecule is CCCCCCSC1=NN2C(=c3ccccc3=NC2c2cc([N+](=O)[O-])ccc2OC)C(=O)N1. The van der Waals surface area contributed by atoms with Crippen molar-refractivity contribution in [1.82, 2.24) is 10.3 Å². The second-order valence-electron chi connectivity index (χ2n) is 7.66. The molecule has 0 bridgehead atoms. The number of nitro groups is 1. The Morgan fingerprint density at radius 3 is 2.79 bits per heavy atom. The number of para-hydroxylation sites is 1. The second-order valence-corrected chi connectivity index (χ2v) is 8.75. The zero-order valence-corrected chi connectivity index (χ0v) is 19.3. The number of nitrogens with one attached hydrogen (secondary N) is 1. The average Bonchev–Trinajstić information content (AvgIpc) is 2.82. The number of carbonyl (C=O) groups excluding carboxylic acids is 1. The van der Waals surface area contributed by atoms with Crippen LogP contribution < -0.4 is 20.6 Å². The zero-order chi connectivity index (χ0) is 23.4. The fourth-order valence-electron chi connectivity index (χ4n) is 3.83. The molecule has 1 N–H and O–H groups in total. The molecule has 0 aliphatic carbocycles. The van der Waals surface area contributed by atoms with E-state index in [1.807, 2.05) is 24.3 Å². The minimum atomic E-state index is -0.786. The first-order valence-corrected chi connectivity index (χ1v) is 11.8. The van der Waals surface area contributed by atoms with Crippen molar-refractivity contribution < 1.29 is 14.5 Å². The number of hydrogen-bond acceptors (Lipinski definition) is 8. The van der Waals surface area contributed by atoms with E-state index in [9.17, 15) is 14.9 Å². The van der Waals surface area contributed by atoms with Crippen LogP contribution in [0.5, 0.6) is 5.75 Å². The molecule has 4 rings (SSSR count). The van der Waals surface area contributed by atoms with E-state index >= 15 is 0 Å². The fraction of sp³-hybridized carbons (Fsp3) is 0.348. The smallest absolute Gasteiger partial charge is 0.276 e. The van der Waals surface area contributed by atoms with Gasteiger partial charge in [-0.15, -0.1) is 5.10 Å². The van der Waals surface area contributed by atoms with E-state index in [0.717, 1.165) is 25.0 Å². The van der Waals surface area contributed by atoms with Gasteiger partial charge in [0.25, 0.3) is 11.6 Å². The maximum Gasteiger partial charge on any atom is 0.276 e. The first kappa shape index (κ1) is 22.8. The van der Waals surface area contributed by atoms with Gasteiger partial charge in [-0.05, 0) is 18.6 Å². The zero-order valence-electron chi connectivity index (χ0n) is 18.5. The minimum absolute atomic E-state index is 0.0858. The molecular formula is C23H25N5O4S. The lowest BCUT2D eigenvalue weighted by Crippen LogP contribution is -2.50. The molecule has 9 nitrogen and oxygen atoms in total. The molecule has 1 atom stereocenters. The summed E-state index contributed by atoms with van der Waals surface area (Å²) in [6.45, 7) is 2.16. The Labute approximate surface area is 195 Å². The number of nitrogens with zero attached hydrogens (tertiary/aromatic N) is 4. The molecule has 2 aromatic carbocycles. The lowest BCUT2D eigenvalue weighted by atomic mass is 10.1. The van der Waals surface area contributed by atoms with Crippen LogP contribution in [0.3, 0.4) is 0 Å². The molecule has 0 radical (unpaired) electrons. The molecule has 2 aliphatic rings. The number of hydrogen-bond donors (Lipinski definition) is 1. The van der Waals surface area contributed by atoms with E-state index in [0.29, 0.717) is 32.8 Å². The Kier molecular flexibility index (Phi) is 6.93. The van der Waals surface area contributed by atoms with Crippen LogP contribution in [0.4, 0.5) is 5.69 Å². The van der Waals surface area contributed by atoms with E-state index in [1.165, 1.54) is 37.4 Å². The molecule has 2 aliphatic heterocycles. The van der Waals surface area contributed by atoms with Crippen molar-refractivity contribution in [2.24, 2.45) is 10.1 Å². The van der Waals surface area contributed by atoms with Crippen molar-refractivity contribution >= 4 is 34.2 Å². The van der Waals surface area contributed by atoms with Gasteiger partial charge in [-0.1, -0.05) is 56.1 Å². The molecular weight excluding hydrogens is 442 g/mol. The van der Waals surface area contributed by atoms with Crippen molar-refractivity contribution in [2.75, 3.05) is 12.9 Å². The van der Waals surface area contributed by atoms with Gasteiger partial charge in [0.05, 0.1) is 17.4 Å². The standard InChI is InChI=1S/C23H25N5O4S/c1-3-4-5-8-13-33-23-25-22(29)20-16-9-6-7-10-18(16)24-21(27(20)26-23)17-14-15(28(30)31)11-12-19(17)32-2/h6-7,9-12,14,21H,3-5,8,13H2,1-2H3,(H,25,26,29). The number of amides is 1. The number of carbonyl (C=O) groups is 1. The molecule has 33 heavy (non-hydrogen) atoms. The molecule has 10 heteroatoms. The normalized spacial score (nSPS) is 16.8. The molecule has 2 heterocycles. The predicted molar refractivity (Wildman–Crippen MR) is 127 cm³/mol. The van der Waals surface area contributed by atoms with Crippen molar-refractivity contribution in [1.29, 1.82) is 0 Å². The van der Waals surface area contributed by atoms with Gasteiger partial charge in [-0.3, -0.25) is 25.2 Å². The predicted octanol–water partition coefficient (Wildman–Crippen LogP) is 3.06. The van der Waals surface area contributed by atoms with E-state index in [2.05, 4.69) is 12.2 Å². The highest BCUT2D eigenvalue weighted by Crippen LogP contribution is 2.37. The monoisotopic (exact) mass is 467 g/mol. The quantitative estimate of drug-likeness (QED) is 0.363. The van der Waals surface area contributed by atoms with E-state index in [1.54, 1.807) is 11.1 Å². The highest BCUT2D eigenvalue weighted by molar-refractivity contribution is 8.13. The number of thioether (sulfide) groups is 1. The molecule has 0 fully saturated rings. The largest absolute Gasteiger partial charge is 0.496 e. The number of non-ortho nitro benzene ring substituents is 1. The third-order valence-corrected chi connectivity index (χ3v) is 6.40. The second kappa shape index (κ2) is 10.0. The highest BCUT2D eigenvalue weighted by Gasteiger charge is 2.36. The number of rotatable bonds is 8. The van der Waals surface area contributed by atoms with Gasteiger partial charge >= 0.3 is 0 Å². The Morgan fingerprint density at radius 2 is 2.03 bits per heavy atom. The maximum atomic E-state index is 13.2. The lowest BCUT2D eigenvalue weighted by molar-refractivity contribution is -0.385. The number of fused-ring (bicyclic) bond motifs is 2. The number of benzene rings is 2. The Bertz CT molecular complexity index is 1230. The molecule has 0 saturated carbocycles. The molecule has 1 amide bonds. The van der Waals surface area contributed by atoms with Crippen LogP contribution >= 0.6 is 11.8 Å². The van der Waals surface area contributed by atoms with Gasteiger partial charge in [-0.25, -0.2) is 5.01 Å². The third kappa shape index (κ3) is 4.70. The molecule has 0 aromatic heterocycles. The summed E-state index contributed by atoms with van der Waals surface area (Å²) >= 11 is 1.49. The highest BCUT2D eigenvalue weighted by atomic mass is 32.2. The maximum absolute atomic E-state index is 13.2. The molecule has 0 saturated heterocycles. The van der Waals surface area contributed by atoms with Crippen molar-refractivity contribution in [2.45, 2.75) is 38.8 Å². The number of amidine groups is 1. The lowest BCUT2D eigenvalue weighted by Gasteiger charge is -2.34. The number of hydrazone groups is 1. The third-order valence-electron chi connectivity index (χ3n) is 5.45. The molecule has 2 aromatic rings. The van der Waals surface area contributed by atoms with E-state index < -0.39 is 11.1 Å². The van der Waals surface area contributed by atoms with E-state index in [4.69, 9.17) is 14.8 Å². The summed E-state index contributed by atoms with van der Waals surface area (Å²) in [4.78, 5) is 29.0. The van der Waals surface area contributed by atoms with Crippen molar-refractivity contribution in [3.8, 4) is 5.75 Å². The summed E-state index contributed by atoms with van der Waals surface area (Å²) in [7, 11) is 1.50. The first-order valence-electron chi connectivity index (χ1n) is 10.8. The summed E-state index contributed by atoms with van der Waals surface area (Å²) in [5, 5.41) is 22.3. The summed E-state index contributed by atoms with van der Waals surface area (Å²) in [6.07, 6.45) is 3.70. The number of ether oxygens (including phenoxy) is 1. The Morgan fingerprint density at radius 1 is 1.21 bits per heavy atom. The summed E-state index contributed by atoms with van der Waals surface area (Å²) < 4.78 is 5.48. The van der Waals surface area contributed by atoms with Gasteiger partial charge in [0, 0.05) is 28.7 Å².